The van der Waals surface area contributed by atoms with E-state index in [9.17, 15) is 4.79 Å². The number of ether oxygens (including phenoxy) is 1. The van der Waals surface area contributed by atoms with Gasteiger partial charge in [-0.3, -0.25) is 4.79 Å². The lowest BCUT2D eigenvalue weighted by Crippen LogP contribution is -2.27. The highest BCUT2D eigenvalue weighted by Crippen LogP contribution is 2.15. The number of nitrogen functional groups attached to an aromatic ring is 1. The second-order valence-corrected chi connectivity index (χ2v) is 5.03. The molecule has 3 N–H and O–H groups in total. The maximum absolute atomic E-state index is 11.8. The summed E-state index contributed by atoms with van der Waals surface area (Å²) in [4.78, 5) is 12.6. The van der Waals surface area contributed by atoms with Crippen LogP contribution in [0.5, 0.6) is 5.75 Å². The predicted octanol–water partition coefficient (Wildman–Crippen LogP) is 2.45. The number of benzene rings is 1. The van der Waals surface area contributed by atoms with Gasteiger partial charge >= 0.3 is 0 Å². The quantitative estimate of drug-likeness (QED) is 0.651. The van der Waals surface area contributed by atoms with Crippen molar-refractivity contribution in [1.29, 1.82) is 0 Å². The number of nitrogens with two attached hydrogens (primary N) is 1. The number of hydrogen-bond donors (Lipinski definition) is 2. The molecule has 19 heavy (non-hydrogen) atoms. The van der Waals surface area contributed by atoms with E-state index in [1.54, 1.807) is 12.1 Å². The molecule has 5 heteroatoms. The van der Waals surface area contributed by atoms with E-state index < -0.39 is 0 Å². The molecule has 2 rings (SSSR count). The van der Waals surface area contributed by atoms with Crippen molar-refractivity contribution in [1.82, 2.24) is 5.32 Å². The van der Waals surface area contributed by atoms with Crippen LogP contribution in [-0.2, 0) is 0 Å². The van der Waals surface area contributed by atoms with Crippen LogP contribution < -0.4 is 15.8 Å². The Morgan fingerprint density at radius 2 is 2.26 bits per heavy atom. The van der Waals surface area contributed by atoms with Gasteiger partial charge in [-0.1, -0.05) is 6.07 Å². The first-order chi connectivity index (χ1) is 9.16. The first kappa shape index (κ1) is 13.4. The largest absolute Gasteiger partial charge is 0.492 e. The van der Waals surface area contributed by atoms with Crippen molar-refractivity contribution in [2.45, 2.75) is 6.92 Å². The molecular formula is C14H16N2O2S. The van der Waals surface area contributed by atoms with Crippen LogP contribution in [0.4, 0.5) is 5.69 Å². The molecule has 0 radical (unpaired) electrons. The SMILES string of the molecule is Cc1ccsc1C(=O)NCCOc1cccc(N)c1. The fourth-order valence-corrected chi connectivity index (χ4v) is 2.46. The number of nitrogens with one attached hydrogen (secondary N) is 1. The summed E-state index contributed by atoms with van der Waals surface area (Å²) in [6.45, 7) is 2.80. The zero-order valence-corrected chi connectivity index (χ0v) is 11.5. The molecule has 0 bridgehead atoms. The smallest absolute Gasteiger partial charge is 0.261 e. The molecule has 0 spiro atoms. The lowest BCUT2D eigenvalue weighted by Gasteiger charge is -2.08. The Labute approximate surface area is 116 Å². The van der Waals surface area contributed by atoms with E-state index in [0.717, 1.165) is 10.4 Å². The van der Waals surface area contributed by atoms with Crippen LogP contribution in [0.25, 0.3) is 0 Å². The standard InChI is InChI=1S/C14H16N2O2S/c1-10-5-8-19-13(10)14(17)16-6-7-18-12-4-2-3-11(15)9-12/h2-5,8-9H,6-7,15H2,1H3,(H,16,17). The lowest BCUT2D eigenvalue weighted by molar-refractivity contribution is 0.0950. The van der Waals surface area contributed by atoms with E-state index in [4.69, 9.17) is 10.5 Å². The van der Waals surface area contributed by atoms with Crippen LogP contribution in [0.15, 0.2) is 35.7 Å². The Morgan fingerprint density at radius 1 is 1.42 bits per heavy atom. The van der Waals surface area contributed by atoms with E-state index in [-0.39, 0.29) is 5.91 Å². The molecule has 100 valence electrons. The zero-order valence-electron chi connectivity index (χ0n) is 10.7. The minimum atomic E-state index is -0.0522. The number of carbonyl (C=O) groups is 1. The molecule has 0 aliphatic carbocycles. The van der Waals surface area contributed by atoms with Crippen molar-refractivity contribution in [2.24, 2.45) is 0 Å². The molecule has 0 unspecified atom stereocenters. The average molecular weight is 276 g/mol. The second kappa shape index (κ2) is 6.24. The molecule has 0 aliphatic heterocycles. The minimum absolute atomic E-state index is 0.0522. The van der Waals surface area contributed by atoms with Gasteiger partial charge in [0.1, 0.15) is 12.4 Å². The Kier molecular flexibility index (Phi) is 4.41. The van der Waals surface area contributed by atoms with Gasteiger partial charge in [0.25, 0.3) is 5.91 Å². The summed E-state index contributed by atoms with van der Waals surface area (Å²) in [5.41, 5.74) is 7.31. The molecule has 1 heterocycles. The highest BCUT2D eigenvalue weighted by Gasteiger charge is 2.09. The summed E-state index contributed by atoms with van der Waals surface area (Å²) < 4.78 is 5.49. The summed E-state index contributed by atoms with van der Waals surface area (Å²) in [5.74, 6) is 0.658. The molecule has 1 amide bonds. The van der Waals surface area contributed by atoms with Gasteiger partial charge in [0, 0.05) is 11.8 Å². The van der Waals surface area contributed by atoms with E-state index in [0.29, 0.717) is 24.6 Å². The normalized spacial score (nSPS) is 10.2. The van der Waals surface area contributed by atoms with Crippen LogP contribution >= 0.6 is 11.3 Å². The second-order valence-electron chi connectivity index (χ2n) is 4.11. The summed E-state index contributed by atoms with van der Waals surface area (Å²) in [6.07, 6.45) is 0. The molecule has 0 fully saturated rings. The van der Waals surface area contributed by atoms with Gasteiger partial charge in [-0.15, -0.1) is 11.3 Å². The van der Waals surface area contributed by atoms with Crippen molar-refractivity contribution in [3.05, 3.63) is 46.2 Å². The number of aryl methyl sites for hydroxylation is 1. The molecule has 0 saturated heterocycles. The van der Waals surface area contributed by atoms with Gasteiger partial charge in [0.2, 0.25) is 0 Å². The van der Waals surface area contributed by atoms with Crippen LogP contribution in [0, 0.1) is 6.92 Å². The highest BCUT2D eigenvalue weighted by atomic mass is 32.1. The third-order valence-corrected chi connectivity index (χ3v) is 3.60. The molecule has 2 aromatic rings. The van der Waals surface area contributed by atoms with Gasteiger partial charge in [0.05, 0.1) is 11.4 Å². The zero-order chi connectivity index (χ0) is 13.7. The monoisotopic (exact) mass is 276 g/mol. The maximum Gasteiger partial charge on any atom is 0.261 e. The molecule has 0 aliphatic rings. The van der Waals surface area contributed by atoms with Crippen molar-refractivity contribution >= 4 is 22.9 Å². The number of rotatable bonds is 5. The van der Waals surface area contributed by atoms with Crippen LogP contribution in [0.1, 0.15) is 15.2 Å². The Hall–Kier alpha value is -2.01. The fraction of sp³-hybridized carbons (Fsp3) is 0.214. The Bertz CT molecular complexity index is 566. The predicted molar refractivity (Wildman–Crippen MR) is 77.7 cm³/mol. The average Bonchev–Trinajstić information content (AvgIpc) is 2.81. The Morgan fingerprint density at radius 3 is 2.95 bits per heavy atom. The number of thiophene rings is 1. The fourth-order valence-electron chi connectivity index (χ4n) is 1.62. The number of anilines is 1. The highest BCUT2D eigenvalue weighted by molar-refractivity contribution is 7.12. The van der Waals surface area contributed by atoms with Gasteiger partial charge in [-0.25, -0.2) is 0 Å². The van der Waals surface area contributed by atoms with Gasteiger partial charge in [-0.2, -0.15) is 0 Å². The van der Waals surface area contributed by atoms with Gasteiger partial charge in [0.15, 0.2) is 0 Å². The van der Waals surface area contributed by atoms with Crippen LogP contribution in [0.2, 0.25) is 0 Å². The van der Waals surface area contributed by atoms with Crippen LogP contribution in [0.3, 0.4) is 0 Å². The summed E-state index contributed by atoms with van der Waals surface area (Å²) in [6, 6.07) is 9.15. The molecular weight excluding hydrogens is 260 g/mol. The van der Waals surface area contributed by atoms with Gasteiger partial charge in [-0.05, 0) is 36.1 Å². The van der Waals surface area contributed by atoms with Crippen molar-refractivity contribution in [2.75, 3.05) is 18.9 Å². The first-order valence-corrected chi connectivity index (χ1v) is 6.85. The molecule has 0 atom stereocenters. The van der Waals surface area contributed by atoms with E-state index >= 15 is 0 Å². The van der Waals surface area contributed by atoms with Crippen molar-refractivity contribution in [3.63, 3.8) is 0 Å². The minimum Gasteiger partial charge on any atom is -0.492 e. The topological polar surface area (TPSA) is 64.3 Å². The molecule has 1 aromatic heterocycles. The summed E-state index contributed by atoms with van der Waals surface area (Å²) in [5, 5.41) is 4.74. The molecule has 4 nitrogen and oxygen atoms in total. The number of amides is 1. The van der Waals surface area contributed by atoms with Crippen LogP contribution in [-0.4, -0.2) is 19.1 Å². The van der Waals surface area contributed by atoms with E-state index in [1.165, 1.54) is 11.3 Å². The number of carbonyl (C=O) groups excluding carboxylic acids is 1. The van der Waals surface area contributed by atoms with Crippen molar-refractivity contribution < 1.29 is 9.53 Å². The number of hydrogen-bond acceptors (Lipinski definition) is 4. The maximum atomic E-state index is 11.8. The summed E-state index contributed by atoms with van der Waals surface area (Å²) >= 11 is 1.44. The molecule has 0 saturated carbocycles. The third-order valence-electron chi connectivity index (χ3n) is 2.58. The summed E-state index contributed by atoms with van der Waals surface area (Å²) in [7, 11) is 0. The van der Waals surface area contributed by atoms with Gasteiger partial charge < -0.3 is 15.8 Å². The van der Waals surface area contributed by atoms with E-state index in [2.05, 4.69) is 5.32 Å². The van der Waals surface area contributed by atoms with Crippen molar-refractivity contribution in [3.8, 4) is 5.75 Å². The third kappa shape index (κ3) is 3.72. The first-order valence-electron chi connectivity index (χ1n) is 5.97. The molecule has 1 aromatic carbocycles. The Balaban J connectivity index is 1.75. The van der Waals surface area contributed by atoms with E-state index in [1.807, 2.05) is 30.5 Å². The lowest BCUT2D eigenvalue weighted by atomic mass is 10.3.